The molecule has 0 aliphatic carbocycles. The normalized spacial score (nSPS) is 12.4. The lowest BCUT2D eigenvalue weighted by molar-refractivity contribution is 0.555. The summed E-state index contributed by atoms with van der Waals surface area (Å²) in [5.74, 6) is 5.15. The van der Waals surface area contributed by atoms with E-state index < -0.39 is 0 Å². The molecule has 1 aromatic carbocycles. The highest BCUT2D eigenvalue weighted by molar-refractivity contribution is 14.1. The number of hydrogen-bond acceptors (Lipinski definition) is 3. The van der Waals surface area contributed by atoms with Crippen LogP contribution >= 0.6 is 22.6 Å². The van der Waals surface area contributed by atoms with E-state index in [0.29, 0.717) is 5.56 Å². The summed E-state index contributed by atoms with van der Waals surface area (Å²) in [6.45, 7) is 0. The van der Waals surface area contributed by atoms with Crippen molar-refractivity contribution >= 4 is 22.6 Å². The summed E-state index contributed by atoms with van der Waals surface area (Å²) in [6.07, 6.45) is 2.74. The fourth-order valence-electron chi connectivity index (χ4n) is 1.67. The van der Waals surface area contributed by atoms with Gasteiger partial charge in [0.15, 0.2) is 0 Å². The van der Waals surface area contributed by atoms with Crippen molar-refractivity contribution in [2.75, 3.05) is 0 Å². The molecule has 1 aromatic heterocycles. The van der Waals surface area contributed by atoms with Crippen LogP contribution in [0.15, 0.2) is 42.7 Å². The Morgan fingerprint density at radius 1 is 1.35 bits per heavy atom. The molecule has 0 amide bonds. The molecule has 0 aliphatic rings. The molecule has 5 heteroatoms. The van der Waals surface area contributed by atoms with Crippen molar-refractivity contribution < 1.29 is 4.39 Å². The minimum absolute atomic E-state index is 0.366. The Balaban J connectivity index is 2.44. The third kappa shape index (κ3) is 2.80. The summed E-state index contributed by atoms with van der Waals surface area (Å²) in [5, 5.41) is 0. The van der Waals surface area contributed by atoms with Crippen molar-refractivity contribution in [2.45, 2.75) is 6.04 Å². The summed E-state index contributed by atoms with van der Waals surface area (Å²) in [7, 11) is 0. The molecule has 3 N–H and O–H groups in total. The largest absolute Gasteiger partial charge is 0.271 e. The summed E-state index contributed by atoms with van der Waals surface area (Å²) < 4.78 is 14.7. The van der Waals surface area contributed by atoms with Gasteiger partial charge in [0.05, 0.1) is 12.2 Å². The number of nitrogens with zero attached hydrogens (tertiary/aromatic N) is 1. The number of rotatable bonds is 3. The molecule has 2 rings (SSSR count). The van der Waals surface area contributed by atoms with E-state index in [1.54, 1.807) is 12.3 Å². The van der Waals surface area contributed by atoms with Gasteiger partial charge < -0.3 is 0 Å². The molecule has 17 heavy (non-hydrogen) atoms. The van der Waals surface area contributed by atoms with E-state index in [4.69, 9.17) is 5.84 Å². The average molecular weight is 343 g/mol. The first-order valence-electron chi connectivity index (χ1n) is 5.03. The Morgan fingerprint density at radius 2 is 2.18 bits per heavy atom. The second-order valence-corrected chi connectivity index (χ2v) is 4.80. The lowest BCUT2D eigenvalue weighted by atomic mass is 10.00. The third-order valence-corrected chi connectivity index (χ3v) is 3.13. The fraction of sp³-hybridized carbons (Fsp3) is 0.0833. The lowest BCUT2D eigenvalue weighted by Crippen LogP contribution is -2.29. The first-order valence-corrected chi connectivity index (χ1v) is 6.11. The zero-order valence-corrected chi connectivity index (χ0v) is 11.1. The molecule has 1 unspecified atom stereocenters. The van der Waals surface area contributed by atoms with Crippen molar-refractivity contribution in [1.29, 1.82) is 0 Å². The maximum atomic E-state index is 13.7. The summed E-state index contributed by atoms with van der Waals surface area (Å²) >= 11 is 2.21. The quantitative estimate of drug-likeness (QED) is 0.511. The van der Waals surface area contributed by atoms with Crippen LogP contribution in [0, 0.1) is 9.39 Å². The minimum Gasteiger partial charge on any atom is -0.271 e. The first kappa shape index (κ1) is 12.4. The highest BCUT2D eigenvalue weighted by Gasteiger charge is 2.16. The van der Waals surface area contributed by atoms with Gasteiger partial charge in [0.1, 0.15) is 5.82 Å². The average Bonchev–Trinajstić information content (AvgIpc) is 2.33. The van der Waals surface area contributed by atoms with E-state index in [-0.39, 0.29) is 11.9 Å². The molecule has 0 saturated heterocycles. The summed E-state index contributed by atoms with van der Waals surface area (Å²) in [4.78, 5) is 3.73. The van der Waals surface area contributed by atoms with Gasteiger partial charge in [0.25, 0.3) is 0 Å². The van der Waals surface area contributed by atoms with E-state index in [1.807, 2.05) is 24.3 Å². The van der Waals surface area contributed by atoms with Crippen LogP contribution in [-0.4, -0.2) is 4.98 Å². The standard InChI is InChI=1S/C12H11FIN3/c13-11-7-16-5-4-10(11)12(17-15)8-2-1-3-9(14)6-8/h1-7,12,17H,15H2. The van der Waals surface area contributed by atoms with Crippen molar-refractivity contribution in [2.24, 2.45) is 5.84 Å². The molecule has 0 bridgehead atoms. The fourth-order valence-corrected chi connectivity index (χ4v) is 2.24. The van der Waals surface area contributed by atoms with E-state index >= 15 is 0 Å². The predicted molar refractivity (Wildman–Crippen MR) is 72.5 cm³/mol. The van der Waals surface area contributed by atoms with Crippen molar-refractivity contribution in [1.82, 2.24) is 10.4 Å². The Labute approximate surface area is 112 Å². The number of hydrazine groups is 1. The van der Waals surface area contributed by atoms with Gasteiger partial charge in [-0.15, -0.1) is 0 Å². The van der Waals surface area contributed by atoms with Crippen LogP contribution < -0.4 is 11.3 Å². The number of nitrogens with one attached hydrogen (secondary N) is 1. The van der Waals surface area contributed by atoms with Gasteiger partial charge in [-0.3, -0.25) is 10.8 Å². The molecular weight excluding hydrogens is 332 g/mol. The van der Waals surface area contributed by atoms with Crippen molar-refractivity contribution in [3.05, 3.63) is 63.2 Å². The van der Waals surface area contributed by atoms with Crippen LogP contribution in [0.3, 0.4) is 0 Å². The molecule has 0 aliphatic heterocycles. The number of pyridine rings is 1. The maximum Gasteiger partial charge on any atom is 0.146 e. The SMILES string of the molecule is NNC(c1cccc(I)c1)c1ccncc1F. The monoisotopic (exact) mass is 343 g/mol. The van der Waals surface area contributed by atoms with Gasteiger partial charge in [-0.2, -0.15) is 0 Å². The highest BCUT2D eigenvalue weighted by atomic mass is 127. The van der Waals surface area contributed by atoms with Crippen molar-refractivity contribution in [3.63, 3.8) is 0 Å². The highest BCUT2D eigenvalue weighted by Crippen LogP contribution is 2.24. The molecule has 2 aromatic rings. The van der Waals surface area contributed by atoms with Crippen LogP contribution in [0.5, 0.6) is 0 Å². The molecule has 3 nitrogen and oxygen atoms in total. The van der Waals surface area contributed by atoms with Crippen LogP contribution in [0.1, 0.15) is 17.2 Å². The topological polar surface area (TPSA) is 50.9 Å². The number of aromatic nitrogens is 1. The van der Waals surface area contributed by atoms with Gasteiger partial charge >= 0.3 is 0 Å². The smallest absolute Gasteiger partial charge is 0.146 e. The zero-order chi connectivity index (χ0) is 12.3. The van der Waals surface area contributed by atoms with Crippen molar-refractivity contribution in [3.8, 4) is 0 Å². The van der Waals surface area contributed by atoms with Gasteiger partial charge in [0, 0.05) is 15.3 Å². The summed E-state index contributed by atoms with van der Waals surface area (Å²) in [6, 6.07) is 9.02. The number of halogens is 2. The second kappa shape index (κ2) is 5.52. The predicted octanol–water partition coefficient (Wildman–Crippen LogP) is 2.38. The van der Waals surface area contributed by atoms with E-state index in [1.165, 1.54) is 6.20 Å². The lowest BCUT2D eigenvalue weighted by Gasteiger charge is -2.17. The Morgan fingerprint density at radius 3 is 2.82 bits per heavy atom. The maximum absolute atomic E-state index is 13.7. The molecular formula is C12H11FIN3. The number of nitrogens with two attached hydrogens (primary N) is 1. The number of hydrogen-bond donors (Lipinski definition) is 2. The van der Waals surface area contributed by atoms with E-state index in [9.17, 15) is 4.39 Å². The molecule has 0 saturated carbocycles. The van der Waals surface area contributed by atoms with Gasteiger partial charge in [-0.25, -0.2) is 9.82 Å². The van der Waals surface area contributed by atoms with Crippen LogP contribution in [-0.2, 0) is 0 Å². The second-order valence-electron chi connectivity index (χ2n) is 3.55. The molecule has 0 fully saturated rings. The van der Waals surface area contributed by atoms with Crippen LogP contribution in [0.25, 0.3) is 0 Å². The zero-order valence-electron chi connectivity index (χ0n) is 8.90. The van der Waals surface area contributed by atoms with E-state index in [2.05, 4.69) is 33.0 Å². The Hall–Kier alpha value is -1.05. The molecule has 0 spiro atoms. The van der Waals surface area contributed by atoms with Gasteiger partial charge in [-0.05, 0) is 46.4 Å². The molecule has 1 atom stereocenters. The number of benzene rings is 1. The molecule has 0 radical (unpaired) electrons. The first-order chi connectivity index (χ1) is 8.22. The van der Waals surface area contributed by atoms with Gasteiger partial charge in [-0.1, -0.05) is 12.1 Å². The Bertz CT molecular complexity index is 519. The summed E-state index contributed by atoms with van der Waals surface area (Å²) in [5.41, 5.74) is 4.04. The third-order valence-electron chi connectivity index (χ3n) is 2.46. The van der Waals surface area contributed by atoms with E-state index in [0.717, 1.165) is 9.13 Å². The molecule has 1 heterocycles. The van der Waals surface area contributed by atoms with Crippen LogP contribution in [0.2, 0.25) is 0 Å². The minimum atomic E-state index is -0.368. The van der Waals surface area contributed by atoms with Crippen LogP contribution in [0.4, 0.5) is 4.39 Å². The van der Waals surface area contributed by atoms with Gasteiger partial charge in [0.2, 0.25) is 0 Å². The Kier molecular flexibility index (Phi) is 4.03. The molecule has 88 valence electrons.